The van der Waals surface area contributed by atoms with Crippen LogP contribution >= 0.6 is 46.4 Å². The molecule has 4 nitrogen and oxygen atoms in total. The Morgan fingerprint density at radius 3 is 2.06 bits per heavy atom. The molecule has 31 heavy (non-hydrogen) atoms. The van der Waals surface area contributed by atoms with E-state index < -0.39 is 6.04 Å². The topological polar surface area (TPSA) is 49.4 Å². The molecule has 0 bridgehead atoms. The van der Waals surface area contributed by atoms with Crippen LogP contribution in [0.1, 0.15) is 43.7 Å². The van der Waals surface area contributed by atoms with Gasteiger partial charge in [-0.05, 0) is 55.2 Å². The van der Waals surface area contributed by atoms with E-state index in [0.717, 1.165) is 25.7 Å². The van der Waals surface area contributed by atoms with Crippen molar-refractivity contribution in [3.05, 3.63) is 67.6 Å². The molecule has 1 aliphatic carbocycles. The highest BCUT2D eigenvalue weighted by molar-refractivity contribution is 6.35. The van der Waals surface area contributed by atoms with E-state index in [1.165, 1.54) is 4.90 Å². The van der Waals surface area contributed by atoms with Gasteiger partial charge in [-0.3, -0.25) is 9.59 Å². The second-order valence-electron chi connectivity index (χ2n) is 7.84. The first-order valence-electron chi connectivity index (χ1n) is 10.2. The lowest BCUT2D eigenvalue weighted by Crippen LogP contribution is -2.50. The zero-order valence-corrected chi connectivity index (χ0v) is 20.2. The Hall–Kier alpha value is -1.46. The minimum absolute atomic E-state index is 0.0439. The van der Waals surface area contributed by atoms with Crippen LogP contribution in [0, 0.1) is 0 Å². The molecule has 0 radical (unpaired) electrons. The van der Waals surface area contributed by atoms with Gasteiger partial charge in [0.2, 0.25) is 11.8 Å². The molecule has 0 aliphatic heterocycles. The van der Waals surface area contributed by atoms with E-state index in [4.69, 9.17) is 46.4 Å². The minimum atomic E-state index is -0.675. The summed E-state index contributed by atoms with van der Waals surface area (Å²) in [7, 11) is 0. The first kappa shape index (κ1) is 24.2. The van der Waals surface area contributed by atoms with Crippen LogP contribution in [0.4, 0.5) is 0 Å². The van der Waals surface area contributed by atoms with Gasteiger partial charge in [0.05, 0.1) is 6.42 Å². The molecule has 166 valence electrons. The number of hydrogen-bond donors (Lipinski definition) is 1. The fraction of sp³-hybridized carbons (Fsp3) is 0.391. The number of hydrogen-bond acceptors (Lipinski definition) is 2. The van der Waals surface area contributed by atoms with Crippen LogP contribution in [0.3, 0.4) is 0 Å². The smallest absolute Gasteiger partial charge is 0.242 e. The number of benzene rings is 2. The number of carbonyl (C=O) groups excluding carboxylic acids is 2. The predicted octanol–water partition coefficient (Wildman–Crippen LogP) is 6.32. The quantitative estimate of drug-likeness (QED) is 0.482. The molecule has 0 saturated heterocycles. The van der Waals surface area contributed by atoms with E-state index in [2.05, 4.69) is 5.32 Å². The van der Waals surface area contributed by atoms with Crippen molar-refractivity contribution in [3.8, 4) is 0 Å². The van der Waals surface area contributed by atoms with Gasteiger partial charge in [-0.25, -0.2) is 0 Å². The molecule has 0 aromatic heterocycles. The van der Waals surface area contributed by atoms with Crippen molar-refractivity contribution in [1.82, 2.24) is 10.2 Å². The Kier molecular flexibility index (Phi) is 8.51. The second kappa shape index (κ2) is 10.9. The molecule has 1 atom stereocenters. The molecular formula is C23H24Cl4N2O2. The maximum Gasteiger partial charge on any atom is 0.242 e. The van der Waals surface area contributed by atoms with Crippen molar-refractivity contribution in [2.45, 2.75) is 57.7 Å². The maximum atomic E-state index is 13.3. The Balaban J connectivity index is 1.82. The molecule has 0 heterocycles. The van der Waals surface area contributed by atoms with Crippen molar-refractivity contribution < 1.29 is 9.59 Å². The van der Waals surface area contributed by atoms with E-state index >= 15 is 0 Å². The van der Waals surface area contributed by atoms with Crippen LogP contribution in [0.15, 0.2) is 36.4 Å². The van der Waals surface area contributed by atoms with Crippen molar-refractivity contribution >= 4 is 58.2 Å². The lowest BCUT2D eigenvalue weighted by atomic mass is 10.1. The first-order valence-corrected chi connectivity index (χ1v) is 11.7. The third-order valence-electron chi connectivity index (χ3n) is 5.58. The zero-order chi connectivity index (χ0) is 22.5. The number of nitrogens with zero attached hydrogens (tertiary/aromatic N) is 1. The van der Waals surface area contributed by atoms with Gasteiger partial charge < -0.3 is 10.2 Å². The number of amides is 2. The molecule has 0 unspecified atom stereocenters. The molecule has 2 aromatic carbocycles. The maximum absolute atomic E-state index is 13.3. The highest BCUT2D eigenvalue weighted by Crippen LogP contribution is 2.26. The van der Waals surface area contributed by atoms with Gasteiger partial charge in [0, 0.05) is 32.7 Å². The Morgan fingerprint density at radius 1 is 0.968 bits per heavy atom. The Bertz CT molecular complexity index is 961. The summed E-state index contributed by atoms with van der Waals surface area (Å²) in [6, 6.07) is 9.60. The van der Waals surface area contributed by atoms with Crippen LogP contribution in [0.5, 0.6) is 0 Å². The average Bonchev–Trinajstić information content (AvgIpc) is 3.22. The third-order valence-corrected chi connectivity index (χ3v) is 6.76. The third kappa shape index (κ3) is 6.52. The minimum Gasteiger partial charge on any atom is -0.352 e. The van der Waals surface area contributed by atoms with Gasteiger partial charge in [0.25, 0.3) is 0 Å². The molecule has 1 N–H and O–H groups in total. The Morgan fingerprint density at radius 2 is 1.52 bits per heavy atom. The summed E-state index contributed by atoms with van der Waals surface area (Å²) in [5.74, 6) is -0.406. The van der Waals surface area contributed by atoms with E-state index in [0.29, 0.717) is 31.2 Å². The fourth-order valence-electron chi connectivity index (χ4n) is 3.74. The van der Waals surface area contributed by atoms with Crippen LogP contribution in [-0.2, 0) is 22.6 Å². The Labute approximate surface area is 202 Å². The van der Waals surface area contributed by atoms with Crippen LogP contribution in [-0.4, -0.2) is 28.8 Å². The lowest BCUT2D eigenvalue weighted by molar-refractivity contribution is -0.140. The lowest BCUT2D eigenvalue weighted by Gasteiger charge is -2.30. The standard InChI is InChI=1S/C23H24Cl4N2O2/c1-14(23(31)28-19-4-2-3-5-19)29(13-16-7-9-18(25)12-21(16)27)22(30)10-15-6-8-17(24)11-20(15)26/h6-9,11-12,14,19H,2-5,10,13H2,1H3,(H,28,31)/t14-/m0/s1. The van der Waals surface area contributed by atoms with Gasteiger partial charge in [0.15, 0.2) is 0 Å². The van der Waals surface area contributed by atoms with Gasteiger partial charge in [-0.2, -0.15) is 0 Å². The monoisotopic (exact) mass is 500 g/mol. The molecule has 8 heteroatoms. The molecule has 2 aromatic rings. The van der Waals surface area contributed by atoms with Gasteiger partial charge in [-0.15, -0.1) is 0 Å². The number of carbonyl (C=O) groups is 2. The average molecular weight is 502 g/mol. The molecule has 2 amide bonds. The summed E-state index contributed by atoms with van der Waals surface area (Å²) >= 11 is 24.6. The van der Waals surface area contributed by atoms with E-state index in [-0.39, 0.29) is 30.8 Å². The molecule has 1 saturated carbocycles. The highest BCUT2D eigenvalue weighted by atomic mass is 35.5. The number of nitrogens with one attached hydrogen (secondary N) is 1. The zero-order valence-electron chi connectivity index (χ0n) is 17.1. The van der Waals surface area contributed by atoms with Crippen LogP contribution < -0.4 is 5.32 Å². The predicted molar refractivity (Wildman–Crippen MR) is 127 cm³/mol. The summed E-state index contributed by atoms with van der Waals surface area (Å²) in [5, 5.41) is 4.93. The SMILES string of the molecule is C[C@@H](C(=O)NC1CCCC1)N(Cc1ccc(Cl)cc1Cl)C(=O)Cc1ccc(Cl)cc1Cl. The number of rotatable bonds is 7. The number of halogens is 4. The summed E-state index contributed by atoms with van der Waals surface area (Å²) < 4.78 is 0. The largest absolute Gasteiger partial charge is 0.352 e. The van der Waals surface area contributed by atoms with Gasteiger partial charge >= 0.3 is 0 Å². The molecule has 1 fully saturated rings. The van der Waals surface area contributed by atoms with Gasteiger partial charge in [-0.1, -0.05) is 71.4 Å². The van der Waals surface area contributed by atoms with Crippen molar-refractivity contribution in [2.24, 2.45) is 0 Å². The van der Waals surface area contributed by atoms with Crippen LogP contribution in [0.25, 0.3) is 0 Å². The molecule has 1 aliphatic rings. The highest BCUT2D eigenvalue weighted by Gasteiger charge is 2.29. The summed E-state index contributed by atoms with van der Waals surface area (Å²) in [5.41, 5.74) is 1.36. The summed E-state index contributed by atoms with van der Waals surface area (Å²) in [6.45, 7) is 1.91. The van der Waals surface area contributed by atoms with E-state index in [1.807, 2.05) is 0 Å². The second-order valence-corrected chi connectivity index (χ2v) is 9.52. The normalized spacial score (nSPS) is 15.0. The summed E-state index contributed by atoms with van der Waals surface area (Å²) in [4.78, 5) is 27.8. The van der Waals surface area contributed by atoms with Crippen molar-refractivity contribution in [1.29, 1.82) is 0 Å². The molecular weight excluding hydrogens is 478 g/mol. The van der Waals surface area contributed by atoms with Gasteiger partial charge in [0.1, 0.15) is 6.04 Å². The van der Waals surface area contributed by atoms with E-state index in [1.54, 1.807) is 43.3 Å². The first-order chi connectivity index (χ1) is 14.7. The molecule has 3 rings (SSSR count). The van der Waals surface area contributed by atoms with E-state index in [9.17, 15) is 9.59 Å². The summed E-state index contributed by atoms with van der Waals surface area (Å²) in [6.07, 6.45) is 4.20. The van der Waals surface area contributed by atoms with Crippen molar-refractivity contribution in [3.63, 3.8) is 0 Å². The van der Waals surface area contributed by atoms with Crippen LogP contribution in [0.2, 0.25) is 20.1 Å². The molecule has 0 spiro atoms. The van der Waals surface area contributed by atoms with Crippen molar-refractivity contribution in [2.75, 3.05) is 0 Å². The fourth-order valence-corrected chi connectivity index (χ4v) is 4.68.